The summed E-state index contributed by atoms with van der Waals surface area (Å²) in [7, 11) is 0. The number of amides is 3. The second-order valence-electron chi connectivity index (χ2n) is 7.47. The number of rotatable bonds is 8. The minimum Gasteiger partial charge on any atom is -0.508 e. The van der Waals surface area contributed by atoms with Crippen LogP contribution in [0, 0.1) is 0 Å². The highest BCUT2D eigenvalue weighted by Gasteiger charge is 2.36. The first-order valence-corrected chi connectivity index (χ1v) is 9.77. The van der Waals surface area contributed by atoms with E-state index in [-0.39, 0.29) is 12.2 Å². The quantitative estimate of drug-likeness (QED) is 0.373. The van der Waals surface area contributed by atoms with Crippen LogP contribution in [-0.4, -0.2) is 69.5 Å². The second-order valence-corrected chi connectivity index (χ2v) is 7.47. The van der Waals surface area contributed by atoms with E-state index in [4.69, 9.17) is 5.73 Å². The first-order chi connectivity index (χ1) is 14.1. The van der Waals surface area contributed by atoms with Gasteiger partial charge in [0.05, 0.1) is 6.04 Å². The molecule has 3 amide bonds. The maximum absolute atomic E-state index is 12.5. The SMILES string of the molecule is CC(NC(=O)C(N)Cc1ccc(O)cc1)C(=O)NC(C)C(=O)N1CCCC1C(=O)O. The molecule has 1 aromatic carbocycles. The van der Waals surface area contributed by atoms with Crippen molar-refractivity contribution >= 4 is 23.7 Å². The van der Waals surface area contributed by atoms with Crippen molar-refractivity contribution in [3.8, 4) is 5.75 Å². The van der Waals surface area contributed by atoms with Crippen LogP contribution in [-0.2, 0) is 25.6 Å². The van der Waals surface area contributed by atoms with E-state index in [1.165, 1.54) is 30.9 Å². The summed E-state index contributed by atoms with van der Waals surface area (Å²) in [6.45, 7) is 3.27. The number of carbonyl (C=O) groups excluding carboxylic acids is 3. The third-order valence-corrected chi connectivity index (χ3v) is 5.03. The number of phenolic OH excluding ortho intramolecular Hbond substituents is 1. The first-order valence-electron chi connectivity index (χ1n) is 9.77. The average molecular weight is 420 g/mol. The highest BCUT2D eigenvalue weighted by atomic mass is 16.4. The molecule has 0 aliphatic carbocycles. The third kappa shape index (κ3) is 5.93. The number of phenols is 1. The maximum atomic E-state index is 12.5. The van der Waals surface area contributed by atoms with E-state index in [1.54, 1.807) is 12.1 Å². The molecule has 4 unspecified atom stereocenters. The van der Waals surface area contributed by atoms with Crippen molar-refractivity contribution in [2.75, 3.05) is 6.54 Å². The lowest BCUT2D eigenvalue weighted by Crippen LogP contribution is -2.55. The lowest BCUT2D eigenvalue weighted by Gasteiger charge is -2.26. The molecule has 1 saturated heterocycles. The fourth-order valence-electron chi connectivity index (χ4n) is 3.30. The molecule has 0 radical (unpaired) electrons. The monoisotopic (exact) mass is 420 g/mol. The molecule has 0 saturated carbocycles. The van der Waals surface area contributed by atoms with Gasteiger partial charge in [-0.3, -0.25) is 14.4 Å². The van der Waals surface area contributed by atoms with Crippen LogP contribution in [0.15, 0.2) is 24.3 Å². The number of likely N-dealkylation sites (tertiary alicyclic amines) is 1. The molecule has 1 aliphatic rings. The van der Waals surface area contributed by atoms with Crippen LogP contribution in [0.1, 0.15) is 32.3 Å². The molecule has 1 aromatic rings. The van der Waals surface area contributed by atoms with E-state index in [9.17, 15) is 29.4 Å². The van der Waals surface area contributed by atoms with E-state index in [2.05, 4.69) is 10.6 Å². The van der Waals surface area contributed by atoms with E-state index in [0.717, 1.165) is 5.56 Å². The van der Waals surface area contributed by atoms with Gasteiger partial charge >= 0.3 is 5.97 Å². The van der Waals surface area contributed by atoms with Crippen molar-refractivity contribution in [1.82, 2.24) is 15.5 Å². The molecule has 10 heteroatoms. The Morgan fingerprint density at radius 2 is 1.70 bits per heavy atom. The van der Waals surface area contributed by atoms with Crippen LogP contribution in [0.25, 0.3) is 0 Å². The molecule has 30 heavy (non-hydrogen) atoms. The predicted octanol–water partition coefficient (Wildman–Crippen LogP) is -0.653. The summed E-state index contributed by atoms with van der Waals surface area (Å²) in [6, 6.07) is 2.63. The van der Waals surface area contributed by atoms with Gasteiger partial charge in [0, 0.05) is 6.54 Å². The van der Waals surface area contributed by atoms with Gasteiger partial charge < -0.3 is 31.5 Å². The standard InChI is InChI=1S/C20H28N4O6/c1-11(22-18(27)15(21)10-13-5-7-14(25)8-6-13)17(26)23-12(2)19(28)24-9-3-4-16(24)20(29)30/h5-8,11-12,15-16,25H,3-4,9-10,21H2,1-2H3,(H,22,27)(H,23,26)(H,29,30). The molecule has 1 fully saturated rings. The topological polar surface area (TPSA) is 162 Å². The van der Waals surface area contributed by atoms with Crippen molar-refractivity contribution in [2.45, 2.75) is 57.3 Å². The first kappa shape index (κ1) is 23.1. The molecule has 10 nitrogen and oxygen atoms in total. The summed E-state index contributed by atoms with van der Waals surface area (Å²) < 4.78 is 0. The van der Waals surface area contributed by atoms with E-state index >= 15 is 0 Å². The Hall–Kier alpha value is -3.14. The lowest BCUT2D eigenvalue weighted by molar-refractivity contribution is -0.149. The summed E-state index contributed by atoms with van der Waals surface area (Å²) in [6.07, 6.45) is 1.20. The summed E-state index contributed by atoms with van der Waals surface area (Å²) in [5, 5.41) is 23.5. The molecule has 1 aliphatic heterocycles. The summed E-state index contributed by atoms with van der Waals surface area (Å²) in [5.74, 6) is -2.55. The Kier molecular flexibility index (Phi) is 7.76. The van der Waals surface area contributed by atoms with Crippen LogP contribution >= 0.6 is 0 Å². The van der Waals surface area contributed by atoms with Gasteiger partial charge in [-0.2, -0.15) is 0 Å². The Balaban J connectivity index is 1.85. The molecule has 2 rings (SSSR count). The highest BCUT2D eigenvalue weighted by molar-refractivity contribution is 5.93. The van der Waals surface area contributed by atoms with Crippen LogP contribution in [0.4, 0.5) is 0 Å². The van der Waals surface area contributed by atoms with Gasteiger partial charge in [-0.25, -0.2) is 4.79 Å². The van der Waals surface area contributed by atoms with E-state index in [1.807, 2.05) is 0 Å². The third-order valence-electron chi connectivity index (χ3n) is 5.03. The number of nitrogens with zero attached hydrogens (tertiary/aromatic N) is 1. The number of nitrogens with one attached hydrogen (secondary N) is 2. The summed E-state index contributed by atoms with van der Waals surface area (Å²) in [5.41, 5.74) is 6.64. The van der Waals surface area contributed by atoms with Crippen molar-refractivity contribution < 1.29 is 29.4 Å². The Morgan fingerprint density at radius 1 is 1.10 bits per heavy atom. The van der Waals surface area contributed by atoms with Crippen molar-refractivity contribution in [3.63, 3.8) is 0 Å². The number of carbonyl (C=O) groups is 4. The van der Waals surface area contributed by atoms with Crippen LogP contribution < -0.4 is 16.4 Å². The number of aliphatic carboxylic acids is 1. The van der Waals surface area contributed by atoms with Crippen molar-refractivity contribution in [3.05, 3.63) is 29.8 Å². The molecular weight excluding hydrogens is 392 g/mol. The van der Waals surface area contributed by atoms with Gasteiger partial charge in [0.15, 0.2) is 0 Å². The van der Waals surface area contributed by atoms with Gasteiger partial charge in [-0.1, -0.05) is 12.1 Å². The number of carboxylic acids is 1. The predicted molar refractivity (Wildman–Crippen MR) is 107 cm³/mol. The Morgan fingerprint density at radius 3 is 2.30 bits per heavy atom. The van der Waals surface area contributed by atoms with E-state index < -0.39 is 47.9 Å². The number of hydrogen-bond donors (Lipinski definition) is 5. The fourth-order valence-corrected chi connectivity index (χ4v) is 3.30. The average Bonchev–Trinajstić information content (AvgIpc) is 3.19. The zero-order chi connectivity index (χ0) is 22.4. The van der Waals surface area contributed by atoms with Crippen molar-refractivity contribution in [1.29, 1.82) is 0 Å². The van der Waals surface area contributed by atoms with Gasteiger partial charge in [-0.05, 0) is 50.8 Å². The maximum Gasteiger partial charge on any atom is 0.326 e. The minimum absolute atomic E-state index is 0.106. The van der Waals surface area contributed by atoms with E-state index in [0.29, 0.717) is 19.4 Å². The molecule has 1 heterocycles. The Bertz CT molecular complexity index is 797. The molecule has 0 aromatic heterocycles. The van der Waals surface area contributed by atoms with Gasteiger partial charge in [0.1, 0.15) is 23.9 Å². The normalized spacial score (nSPS) is 18.9. The van der Waals surface area contributed by atoms with Crippen LogP contribution in [0.2, 0.25) is 0 Å². The smallest absolute Gasteiger partial charge is 0.326 e. The molecule has 0 bridgehead atoms. The lowest BCUT2D eigenvalue weighted by atomic mass is 10.1. The number of benzene rings is 1. The molecule has 4 atom stereocenters. The number of aromatic hydroxyl groups is 1. The largest absolute Gasteiger partial charge is 0.508 e. The molecule has 0 spiro atoms. The highest BCUT2D eigenvalue weighted by Crippen LogP contribution is 2.18. The minimum atomic E-state index is -1.07. The van der Waals surface area contributed by atoms with Crippen LogP contribution in [0.3, 0.4) is 0 Å². The Labute approximate surface area is 174 Å². The van der Waals surface area contributed by atoms with Gasteiger partial charge in [0.25, 0.3) is 0 Å². The molecular formula is C20H28N4O6. The summed E-state index contributed by atoms with van der Waals surface area (Å²) in [4.78, 5) is 49.6. The molecule has 6 N–H and O–H groups in total. The number of carboxylic acid groups (broad SMARTS) is 1. The summed E-state index contributed by atoms with van der Waals surface area (Å²) >= 11 is 0. The zero-order valence-electron chi connectivity index (χ0n) is 17.0. The number of nitrogens with two attached hydrogens (primary N) is 1. The zero-order valence-corrected chi connectivity index (χ0v) is 17.0. The molecule has 164 valence electrons. The van der Waals surface area contributed by atoms with Crippen molar-refractivity contribution in [2.24, 2.45) is 5.73 Å². The number of hydrogen-bond acceptors (Lipinski definition) is 6. The van der Waals surface area contributed by atoms with Crippen LogP contribution in [0.5, 0.6) is 5.75 Å². The van der Waals surface area contributed by atoms with Gasteiger partial charge in [-0.15, -0.1) is 0 Å². The fraction of sp³-hybridized carbons (Fsp3) is 0.500. The second kappa shape index (κ2) is 10.1. The van der Waals surface area contributed by atoms with Gasteiger partial charge in [0.2, 0.25) is 17.7 Å².